The van der Waals surface area contributed by atoms with E-state index < -0.39 is 5.91 Å². The monoisotopic (exact) mass is 398 g/mol. The minimum absolute atomic E-state index is 0.0473. The average molecular weight is 399 g/mol. The molecule has 0 bridgehead atoms. The Bertz CT molecular complexity index is 959. The van der Waals surface area contributed by atoms with Crippen molar-refractivity contribution < 1.29 is 14.3 Å². The molecule has 1 amide bonds. The molecule has 0 atom stereocenters. The maximum atomic E-state index is 12.5. The minimum Gasteiger partial charge on any atom is -0.493 e. The summed E-state index contributed by atoms with van der Waals surface area (Å²) in [6.45, 7) is 7.72. The van der Waals surface area contributed by atoms with E-state index >= 15 is 0 Å². The van der Waals surface area contributed by atoms with Crippen LogP contribution in [0.4, 0.5) is 5.69 Å². The number of amides is 1. The van der Waals surface area contributed by atoms with Gasteiger partial charge in [-0.15, -0.1) is 0 Å². The molecule has 5 nitrogen and oxygen atoms in total. The van der Waals surface area contributed by atoms with E-state index in [9.17, 15) is 10.1 Å². The highest BCUT2D eigenvalue weighted by Gasteiger charge is 2.15. The smallest absolute Gasteiger partial charge is 0.266 e. The molecule has 0 fully saturated rings. The van der Waals surface area contributed by atoms with Gasteiger partial charge in [-0.2, -0.15) is 5.26 Å². The number of rotatable bonds is 6. The van der Waals surface area contributed by atoms with Gasteiger partial charge in [0.15, 0.2) is 11.5 Å². The fraction of sp³-hybridized carbons (Fsp3) is 0.273. The average Bonchev–Trinajstić information content (AvgIpc) is 2.64. The molecule has 0 radical (unpaired) electrons. The summed E-state index contributed by atoms with van der Waals surface area (Å²) in [5, 5.41) is 12.5. The van der Waals surface area contributed by atoms with Crippen molar-refractivity contribution >= 4 is 29.3 Å². The molecule has 0 spiro atoms. The molecule has 0 aliphatic heterocycles. The molecule has 0 aliphatic carbocycles. The number of halogens is 1. The topological polar surface area (TPSA) is 71.3 Å². The predicted octanol–water partition coefficient (Wildman–Crippen LogP) is 5.30. The normalized spacial score (nSPS) is 11.1. The van der Waals surface area contributed by atoms with Crippen LogP contribution < -0.4 is 14.8 Å². The van der Waals surface area contributed by atoms with Crippen LogP contribution in [-0.4, -0.2) is 19.1 Å². The highest BCUT2D eigenvalue weighted by molar-refractivity contribution is 6.32. The molecule has 0 aliphatic rings. The summed E-state index contributed by atoms with van der Waals surface area (Å²) in [5.41, 5.74) is 3.32. The van der Waals surface area contributed by atoms with Crippen LogP contribution in [0.5, 0.6) is 11.5 Å². The Morgan fingerprint density at radius 2 is 1.93 bits per heavy atom. The maximum absolute atomic E-state index is 12.5. The second-order valence-corrected chi connectivity index (χ2v) is 7.03. The van der Waals surface area contributed by atoms with Crippen LogP contribution >= 0.6 is 11.6 Å². The number of hydrogen-bond donors (Lipinski definition) is 1. The van der Waals surface area contributed by atoms with Crippen molar-refractivity contribution in [1.82, 2.24) is 0 Å². The van der Waals surface area contributed by atoms with Gasteiger partial charge in [-0.25, -0.2) is 0 Å². The number of benzene rings is 2. The van der Waals surface area contributed by atoms with E-state index in [1.807, 2.05) is 45.9 Å². The van der Waals surface area contributed by atoms with Gasteiger partial charge in [-0.3, -0.25) is 4.79 Å². The summed E-state index contributed by atoms with van der Waals surface area (Å²) in [6, 6.07) is 10.8. The Labute approximate surface area is 170 Å². The van der Waals surface area contributed by atoms with E-state index in [1.165, 1.54) is 13.2 Å². The van der Waals surface area contributed by atoms with Crippen LogP contribution in [0, 0.1) is 25.2 Å². The summed E-state index contributed by atoms with van der Waals surface area (Å²) in [6.07, 6.45) is 1.38. The Morgan fingerprint density at radius 1 is 1.21 bits per heavy atom. The summed E-state index contributed by atoms with van der Waals surface area (Å²) in [7, 11) is 1.50. The lowest BCUT2D eigenvalue weighted by Gasteiger charge is -2.15. The van der Waals surface area contributed by atoms with Crippen molar-refractivity contribution in [3.05, 3.63) is 57.6 Å². The highest BCUT2D eigenvalue weighted by atomic mass is 35.5. The molecule has 2 rings (SSSR count). The van der Waals surface area contributed by atoms with Crippen molar-refractivity contribution in [2.45, 2.75) is 33.8 Å². The lowest BCUT2D eigenvalue weighted by Crippen LogP contribution is -2.13. The quantitative estimate of drug-likeness (QED) is 0.529. The Kier molecular flexibility index (Phi) is 7.08. The number of methoxy groups -OCH3 is 1. The zero-order chi connectivity index (χ0) is 20.8. The highest BCUT2D eigenvalue weighted by Crippen LogP contribution is 2.37. The number of nitrogens with zero attached hydrogens (tertiary/aromatic N) is 1. The van der Waals surface area contributed by atoms with Gasteiger partial charge in [0.25, 0.3) is 5.91 Å². The van der Waals surface area contributed by atoms with Crippen molar-refractivity contribution in [3.8, 4) is 17.6 Å². The second kappa shape index (κ2) is 9.29. The molecule has 146 valence electrons. The predicted molar refractivity (Wildman–Crippen MR) is 112 cm³/mol. The van der Waals surface area contributed by atoms with Gasteiger partial charge in [-0.1, -0.05) is 17.7 Å². The summed E-state index contributed by atoms with van der Waals surface area (Å²) >= 11 is 6.31. The number of carbonyl (C=O) groups excluding carboxylic acids is 1. The van der Waals surface area contributed by atoms with Crippen LogP contribution in [0.3, 0.4) is 0 Å². The zero-order valence-electron chi connectivity index (χ0n) is 16.6. The molecule has 0 aromatic heterocycles. The lowest BCUT2D eigenvalue weighted by molar-refractivity contribution is -0.112. The molecule has 0 unspecified atom stereocenters. The second-order valence-electron chi connectivity index (χ2n) is 6.62. The number of hydrogen-bond acceptors (Lipinski definition) is 4. The third-order valence-corrected chi connectivity index (χ3v) is 4.33. The molecular weight excluding hydrogens is 376 g/mol. The van der Waals surface area contributed by atoms with Gasteiger partial charge in [0.05, 0.1) is 18.2 Å². The Balaban J connectivity index is 2.32. The molecule has 6 heteroatoms. The molecule has 2 aromatic carbocycles. The lowest BCUT2D eigenvalue weighted by atomic mass is 10.1. The molecule has 28 heavy (non-hydrogen) atoms. The molecule has 0 saturated carbocycles. The van der Waals surface area contributed by atoms with Crippen LogP contribution in [0.15, 0.2) is 35.9 Å². The fourth-order valence-corrected chi connectivity index (χ4v) is 2.77. The Hall–Kier alpha value is -2.97. The minimum atomic E-state index is -0.497. The van der Waals surface area contributed by atoms with E-state index in [4.69, 9.17) is 21.1 Å². The number of aryl methyl sites for hydroxylation is 2. The first-order chi connectivity index (χ1) is 13.2. The van der Waals surface area contributed by atoms with Gasteiger partial charge < -0.3 is 14.8 Å². The Morgan fingerprint density at radius 3 is 2.50 bits per heavy atom. The zero-order valence-corrected chi connectivity index (χ0v) is 17.3. The summed E-state index contributed by atoms with van der Waals surface area (Å²) < 4.78 is 11.0. The van der Waals surface area contributed by atoms with Crippen molar-refractivity contribution in [2.75, 3.05) is 12.4 Å². The maximum Gasteiger partial charge on any atom is 0.266 e. The first-order valence-corrected chi connectivity index (χ1v) is 9.17. The van der Waals surface area contributed by atoms with Gasteiger partial charge in [-0.05, 0) is 74.7 Å². The molecule has 0 heterocycles. The number of anilines is 1. The van der Waals surface area contributed by atoms with E-state index in [0.717, 1.165) is 11.1 Å². The third kappa shape index (κ3) is 5.28. The first-order valence-electron chi connectivity index (χ1n) is 8.79. The fourth-order valence-electron chi connectivity index (χ4n) is 2.51. The third-order valence-electron chi connectivity index (χ3n) is 4.05. The molecule has 2 aromatic rings. The number of carbonyl (C=O) groups is 1. The molecule has 1 N–H and O–H groups in total. The first kappa shape index (κ1) is 21.3. The SMILES string of the molecule is COc1cc(/C=C(\C#N)C(=O)Nc2ccc(C)c(C)c2)cc(Cl)c1OC(C)C. The van der Waals surface area contributed by atoms with Crippen LogP contribution in [0.2, 0.25) is 5.02 Å². The standard InChI is InChI=1S/C22H23ClN2O3/c1-13(2)28-21-19(23)10-16(11-20(21)27-5)9-17(12-24)22(26)25-18-7-6-14(3)15(4)8-18/h6-11,13H,1-5H3,(H,25,26)/b17-9+. The van der Waals surface area contributed by atoms with Gasteiger partial charge in [0, 0.05) is 5.69 Å². The van der Waals surface area contributed by atoms with E-state index in [1.54, 1.807) is 18.2 Å². The van der Waals surface area contributed by atoms with E-state index in [-0.39, 0.29) is 11.7 Å². The van der Waals surface area contributed by atoms with Crippen LogP contribution in [0.25, 0.3) is 6.08 Å². The largest absolute Gasteiger partial charge is 0.493 e. The van der Waals surface area contributed by atoms with Crippen molar-refractivity contribution in [2.24, 2.45) is 0 Å². The number of nitriles is 1. The summed E-state index contributed by atoms with van der Waals surface area (Å²) in [4.78, 5) is 12.5. The number of ether oxygens (including phenoxy) is 2. The number of nitrogens with one attached hydrogen (secondary N) is 1. The van der Waals surface area contributed by atoms with Crippen molar-refractivity contribution in [3.63, 3.8) is 0 Å². The van der Waals surface area contributed by atoms with E-state index in [0.29, 0.717) is 27.8 Å². The molecular formula is C22H23ClN2O3. The van der Waals surface area contributed by atoms with Crippen LogP contribution in [-0.2, 0) is 4.79 Å². The van der Waals surface area contributed by atoms with Crippen molar-refractivity contribution in [1.29, 1.82) is 5.26 Å². The van der Waals surface area contributed by atoms with E-state index in [2.05, 4.69) is 5.32 Å². The van der Waals surface area contributed by atoms with Gasteiger partial charge in [0.2, 0.25) is 0 Å². The van der Waals surface area contributed by atoms with Gasteiger partial charge in [0.1, 0.15) is 11.6 Å². The van der Waals surface area contributed by atoms with Gasteiger partial charge >= 0.3 is 0 Å². The summed E-state index contributed by atoms with van der Waals surface area (Å²) in [5.74, 6) is 0.358. The van der Waals surface area contributed by atoms with Crippen LogP contribution in [0.1, 0.15) is 30.5 Å². The molecule has 0 saturated heterocycles.